The maximum Gasteiger partial charge on any atom is 0.416 e. The van der Waals surface area contributed by atoms with Crippen LogP contribution in [0, 0.1) is 11.8 Å². The van der Waals surface area contributed by atoms with Gasteiger partial charge in [-0.3, -0.25) is 9.59 Å². The van der Waals surface area contributed by atoms with Crippen LogP contribution in [0.25, 0.3) is 0 Å². The molecule has 4 rings (SSSR count). The normalized spacial score (nSPS) is 19.3. The van der Waals surface area contributed by atoms with E-state index in [9.17, 15) is 27.9 Å². The number of rotatable bonds is 10. The van der Waals surface area contributed by atoms with Crippen molar-refractivity contribution in [2.75, 3.05) is 11.9 Å². The van der Waals surface area contributed by atoms with Gasteiger partial charge in [-0.1, -0.05) is 69.4 Å². The van der Waals surface area contributed by atoms with Crippen LogP contribution in [0.1, 0.15) is 68.6 Å². The Kier molecular flexibility index (Phi) is 8.55. The molecule has 1 aliphatic heterocycles. The zero-order valence-corrected chi connectivity index (χ0v) is 21.7. The van der Waals surface area contributed by atoms with Gasteiger partial charge in [0.05, 0.1) is 29.0 Å². The summed E-state index contributed by atoms with van der Waals surface area (Å²) < 4.78 is 39.5. The van der Waals surface area contributed by atoms with Crippen LogP contribution in [0.3, 0.4) is 0 Å². The highest BCUT2D eigenvalue weighted by Crippen LogP contribution is 2.37. The second-order valence-electron chi connectivity index (χ2n) is 10.2. The van der Waals surface area contributed by atoms with Crippen molar-refractivity contribution in [3.8, 4) is 0 Å². The number of fused-ring (bicyclic) bond motifs is 1. The molecule has 0 bridgehead atoms. The summed E-state index contributed by atoms with van der Waals surface area (Å²) in [5.74, 6) is -1.19. The topological polar surface area (TPSA) is 82.0 Å². The van der Waals surface area contributed by atoms with Crippen molar-refractivity contribution < 1.29 is 27.9 Å². The molecular formula is C29H34F3N3O3. The Morgan fingerprint density at radius 3 is 2.45 bits per heavy atom. The first-order chi connectivity index (χ1) is 18.1. The number of para-hydroxylation sites is 1. The zero-order chi connectivity index (χ0) is 27.4. The fourth-order valence-corrected chi connectivity index (χ4v) is 4.86. The third-order valence-electron chi connectivity index (χ3n) is 7.30. The molecule has 1 fully saturated rings. The number of hydrogen-bond acceptors (Lipinski definition) is 4. The molecule has 2 N–H and O–H groups in total. The quantitative estimate of drug-likeness (QED) is 0.409. The number of amides is 2. The standard InChI is InChI=1S/C29H34F3N3O3/c1-3-4-5-10-24(36)22(17-18-11-12-18)27(37)34-26-28(38)35(2)23-9-7-6-8-21(23)25(33-26)19-13-15-20(16-14-19)29(30,31)32/h6-9,13-16,18,22,24,26,36H,3-5,10-12,17H2,1-2H3,(H,34,37). The number of carbonyl (C=O) groups excluding carboxylic acids is 2. The van der Waals surface area contributed by atoms with Gasteiger partial charge < -0.3 is 15.3 Å². The number of hydrogen-bond donors (Lipinski definition) is 2. The Morgan fingerprint density at radius 1 is 1.13 bits per heavy atom. The van der Waals surface area contributed by atoms with Crippen LogP contribution in [-0.4, -0.2) is 41.9 Å². The van der Waals surface area contributed by atoms with Gasteiger partial charge in [-0.05, 0) is 37.0 Å². The van der Waals surface area contributed by atoms with Crippen LogP contribution < -0.4 is 10.2 Å². The lowest BCUT2D eigenvalue weighted by molar-refractivity contribution is -0.137. The predicted octanol–water partition coefficient (Wildman–Crippen LogP) is 5.32. The zero-order valence-electron chi connectivity index (χ0n) is 21.7. The van der Waals surface area contributed by atoms with E-state index in [1.165, 1.54) is 17.0 Å². The molecule has 2 aromatic rings. The Hall–Kier alpha value is -3.20. The molecule has 1 saturated carbocycles. The van der Waals surface area contributed by atoms with Gasteiger partial charge in [-0.2, -0.15) is 13.2 Å². The number of alkyl halides is 3. The maximum atomic E-state index is 13.4. The fourth-order valence-electron chi connectivity index (χ4n) is 4.86. The van der Waals surface area contributed by atoms with Gasteiger partial charge in [0.1, 0.15) is 0 Å². The van der Waals surface area contributed by atoms with Gasteiger partial charge in [-0.15, -0.1) is 0 Å². The average molecular weight is 530 g/mol. The second-order valence-corrected chi connectivity index (χ2v) is 10.2. The van der Waals surface area contributed by atoms with Crippen molar-refractivity contribution >= 4 is 23.2 Å². The molecule has 9 heteroatoms. The summed E-state index contributed by atoms with van der Waals surface area (Å²) in [5.41, 5.74) is 0.999. The van der Waals surface area contributed by atoms with E-state index in [2.05, 4.69) is 17.2 Å². The highest BCUT2D eigenvalue weighted by Gasteiger charge is 2.37. The largest absolute Gasteiger partial charge is 0.416 e. The van der Waals surface area contributed by atoms with Crippen LogP contribution in [-0.2, 0) is 15.8 Å². The first-order valence-electron chi connectivity index (χ1n) is 13.2. The Bertz CT molecular complexity index is 1180. The van der Waals surface area contributed by atoms with E-state index in [0.29, 0.717) is 41.3 Å². The summed E-state index contributed by atoms with van der Waals surface area (Å²) in [6.45, 7) is 2.07. The number of unbranched alkanes of at least 4 members (excludes halogenated alkanes) is 2. The predicted molar refractivity (Wildman–Crippen MR) is 140 cm³/mol. The first kappa shape index (κ1) is 27.8. The highest BCUT2D eigenvalue weighted by atomic mass is 19.4. The molecule has 2 aromatic carbocycles. The van der Waals surface area contributed by atoms with E-state index >= 15 is 0 Å². The van der Waals surface area contributed by atoms with Gasteiger partial charge in [0.2, 0.25) is 12.1 Å². The Morgan fingerprint density at radius 2 is 1.82 bits per heavy atom. The molecule has 3 atom stereocenters. The number of aliphatic hydroxyl groups excluding tert-OH is 1. The van der Waals surface area contributed by atoms with E-state index in [1.54, 1.807) is 31.3 Å². The summed E-state index contributed by atoms with van der Waals surface area (Å²) >= 11 is 0. The summed E-state index contributed by atoms with van der Waals surface area (Å²) in [6, 6.07) is 11.6. The number of benzene rings is 2. The summed E-state index contributed by atoms with van der Waals surface area (Å²) in [6.07, 6.45) is -0.751. The SMILES string of the molecule is CCCCCC(O)C(CC1CC1)C(=O)NC1N=C(c2ccc(C(F)(F)F)cc2)c2ccccc2N(C)C1=O. The number of carbonyl (C=O) groups is 2. The molecule has 204 valence electrons. The third-order valence-corrected chi connectivity index (χ3v) is 7.30. The molecule has 38 heavy (non-hydrogen) atoms. The molecule has 0 aromatic heterocycles. The van der Waals surface area contributed by atoms with E-state index in [-0.39, 0.29) is 0 Å². The van der Waals surface area contributed by atoms with Crippen molar-refractivity contribution in [2.24, 2.45) is 16.8 Å². The van der Waals surface area contributed by atoms with Gasteiger partial charge in [0, 0.05) is 18.2 Å². The molecule has 0 spiro atoms. The van der Waals surface area contributed by atoms with Gasteiger partial charge >= 0.3 is 6.18 Å². The van der Waals surface area contributed by atoms with Crippen LogP contribution in [0.4, 0.5) is 18.9 Å². The number of anilines is 1. The number of halogens is 3. The van der Waals surface area contributed by atoms with E-state index in [1.807, 2.05) is 0 Å². The molecule has 1 aliphatic carbocycles. The lowest BCUT2D eigenvalue weighted by Gasteiger charge is -2.25. The summed E-state index contributed by atoms with van der Waals surface area (Å²) in [7, 11) is 1.58. The molecule has 2 aliphatic rings. The molecule has 0 saturated heterocycles. The van der Waals surface area contributed by atoms with E-state index in [4.69, 9.17) is 0 Å². The first-order valence-corrected chi connectivity index (χ1v) is 13.2. The molecule has 3 unspecified atom stereocenters. The van der Waals surface area contributed by atoms with Crippen molar-refractivity contribution in [1.29, 1.82) is 0 Å². The third kappa shape index (κ3) is 6.43. The molecular weight excluding hydrogens is 495 g/mol. The smallest absolute Gasteiger partial charge is 0.392 e. The Balaban J connectivity index is 1.66. The van der Waals surface area contributed by atoms with Crippen LogP contribution in [0.5, 0.6) is 0 Å². The molecule has 2 amide bonds. The molecule has 1 heterocycles. The van der Waals surface area contributed by atoms with Gasteiger partial charge in [0.25, 0.3) is 5.91 Å². The average Bonchev–Trinajstić information content (AvgIpc) is 3.73. The maximum absolute atomic E-state index is 13.4. The van der Waals surface area contributed by atoms with Crippen molar-refractivity contribution in [3.63, 3.8) is 0 Å². The summed E-state index contributed by atoms with van der Waals surface area (Å²) in [4.78, 5) is 32.9. The molecule has 6 nitrogen and oxygen atoms in total. The van der Waals surface area contributed by atoms with Crippen LogP contribution in [0.2, 0.25) is 0 Å². The Labute approximate surface area is 220 Å². The minimum absolute atomic E-state index is 0.305. The number of aliphatic imine (C=N–C) groups is 1. The number of benzodiazepines with no additional fused rings is 1. The van der Waals surface area contributed by atoms with Gasteiger partial charge in [0.15, 0.2) is 0 Å². The van der Waals surface area contributed by atoms with Crippen LogP contribution >= 0.6 is 0 Å². The number of nitrogens with one attached hydrogen (secondary N) is 1. The molecule has 0 radical (unpaired) electrons. The monoisotopic (exact) mass is 529 g/mol. The second kappa shape index (κ2) is 11.7. The summed E-state index contributed by atoms with van der Waals surface area (Å²) in [5, 5.41) is 13.6. The number of likely N-dealkylation sites (N-methyl/N-ethyl adjacent to an activating group) is 1. The lowest BCUT2D eigenvalue weighted by Crippen LogP contribution is -2.49. The minimum atomic E-state index is -4.48. The van der Waals surface area contributed by atoms with Crippen molar-refractivity contribution in [1.82, 2.24) is 5.32 Å². The van der Waals surface area contributed by atoms with E-state index in [0.717, 1.165) is 44.2 Å². The highest BCUT2D eigenvalue weighted by molar-refractivity contribution is 6.20. The van der Waals surface area contributed by atoms with Gasteiger partial charge in [-0.25, -0.2) is 4.99 Å². The van der Waals surface area contributed by atoms with Crippen LogP contribution in [0.15, 0.2) is 53.5 Å². The lowest BCUT2D eigenvalue weighted by atomic mass is 9.91. The van der Waals surface area contributed by atoms with Crippen molar-refractivity contribution in [3.05, 3.63) is 65.2 Å². The fraction of sp³-hybridized carbons (Fsp3) is 0.483. The minimum Gasteiger partial charge on any atom is -0.392 e. The number of aliphatic hydroxyl groups is 1. The van der Waals surface area contributed by atoms with E-state index < -0.39 is 41.7 Å². The number of nitrogens with zero attached hydrogens (tertiary/aromatic N) is 2. The van der Waals surface area contributed by atoms with Crippen molar-refractivity contribution in [2.45, 2.75) is 70.3 Å².